The smallest absolute Gasteiger partial charge is 0.191 e. The molecule has 1 heterocycles. The molecule has 6 nitrogen and oxygen atoms in total. The second-order valence-electron chi connectivity index (χ2n) is 5.99. The van der Waals surface area contributed by atoms with Gasteiger partial charge in [0.25, 0.3) is 0 Å². The standard InChI is InChI=1S/C18H28FN3O3/c1-4-24-17-6-5-14(9-16(17)19)10-21-18(20-3)22-13(2)11-25-15-7-8-23-12-15/h5-6,9,13,15H,4,7-8,10-12H2,1-3H3,(H2,20,21,22). The van der Waals surface area contributed by atoms with Crippen molar-refractivity contribution in [2.75, 3.05) is 33.5 Å². The zero-order valence-corrected chi connectivity index (χ0v) is 15.2. The Morgan fingerprint density at radius 3 is 2.96 bits per heavy atom. The van der Waals surface area contributed by atoms with Gasteiger partial charge in [-0.2, -0.15) is 0 Å². The molecule has 0 spiro atoms. The van der Waals surface area contributed by atoms with Crippen LogP contribution < -0.4 is 15.4 Å². The Morgan fingerprint density at radius 1 is 1.48 bits per heavy atom. The maximum atomic E-state index is 13.9. The molecule has 0 saturated carbocycles. The van der Waals surface area contributed by atoms with E-state index in [2.05, 4.69) is 15.6 Å². The first kappa shape index (κ1) is 19.5. The molecule has 1 aliphatic rings. The molecule has 1 aromatic carbocycles. The third-order valence-corrected chi connectivity index (χ3v) is 3.83. The first-order valence-electron chi connectivity index (χ1n) is 8.70. The van der Waals surface area contributed by atoms with Crippen LogP contribution in [0.3, 0.4) is 0 Å². The highest BCUT2D eigenvalue weighted by Gasteiger charge is 2.17. The maximum absolute atomic E-state index is 13.9. The minimum absolute atomic E-state index is 0.101. The molecule has 7 heteroatoms. The third-order valence-electron chi connectivity index (χ3n) is 3.83. The van der Waals surface area contributed by atoms with E-state index in [1.54, 1.807) is 13.1 Å². The van der Waals surface area contributed by atoms with Crippen molar-refractivity contribution in [3.63, 3.8) is 0 Å². The van der Waals surface area contributed by atoms with Crippen molar-refractivity contribution in [1.82, 2.24) is 10.6 Å². The number of guanidine groups is 1. The number of rotatable bonds is 8. The van der Waals surface area contributed by atoms with Crippen molar-refractivity contribution < 1.29 is 18.6 Å². The van der Waals surface area contributed by atoms with E-state index in [1.807, 2.05) is 19.9 Å². The molecule has 2 unspecified atom stereocenters. The number of hydrogen-bond donors (Lipinski definition) is 2. The van der Waals surface area contributed by atoms with E-state index in [-0.39, 0.29) is 23.7 Å². The van der Waals surface area contributed by atoms with Crippen LogP contribution in [0.15, 0.2) is 23.2 Å². The van der Waals surface area contributed by atoms with Gasteiger partial charge in [-0.1, -0.05) is 6.07 Å². The van der Waals surface area contributed by atoms with Gasteiger partial charge in [-0.15, -0.1) is 0 Å². The van der Waals surface area contributed by atoms with Gasteiger partial charge in [0, 0.05) is 26.2 Å². The average molecular weight is 353 g/mol. The van der Waals surface area contributed by atoms with Crippen molar-refractivity contribution in [1.29, 1.82) is 0 Å². The summed E-state index contributed by atoms with van der Waals surface area (Å²) in [5.74, 6) is 0.563. The minimum atomic E-state index is -0.357. The average Bonchev–Trinajstić information content (AvgIpc) is 3.12. The van der Waals surface area contributed by atoms with Gasteiger partial charge in [0.2, 0.25) is 0 Å². The molecule has 2 rings (SSSR count). The van der Waals surface area contributed by atoms with Crippen molar-refractivity contribution >= 4 is 5.96 Å². The van der Waals surface area contributed by atoms with Crippen LogP contribution >= 0.6 is 0 Å². The van der Waals surface area contributed by atoms with Crippen LogP contribution in [0.25, 0.3) is 0 Å². The molecule has 2 atom stereocenters. The summed E-state index contributed by atoms with van der Waals surface area (Å²) in [6.45, 7) is 6.78. The molecule has 2 N–H and O–H groups in total. The van der Waals surface area contributed by atoms with E-state index in [1.165, 1.54) is 6.07 Å². The van der Waals surface area contributed by atoms with Gasteiger partial charge in [0.15, 0.2) is 17.5 Å². The first-order valence-corrected chi connectivity index (χ1v) is 8.70. The first-order chi connectivity index (χ1) is 12.1. The summed E-state index contributed by atoms with van der Waals surface area (Å²) in [5, 5.41) is 6.44. The summed E-state index contributed by atoms with van der Waals surface area (Å²) in [6.07, 6.45) is 1.13. The number of nitrogens with zero attached hydrogens (tertiary/aromatic N) is 1. The fourth-order valence-corrected chi connectivity index (χ4v) is 2.51. The number of nitrogens with one attached hydrogen (secondary N) is 2. The number of halogens is 1. The van der Waals surface area contributed by atoms with E-state index >= 15 is 0 Å². The summed E-state index contributed by atoms with van der Waals surface area (Å²) in [5.41, 5.74) is 0.816. The number of ether oxygens (including phenoxy) is 3. The zero-order valence-electron chi connectivity index (χ0n) is 15.2. The van der Waals surface area contributed by atoms with Gasteiger partial charge in [-0.25, -0.2) is 4.39 Å². The van der Waals surface area contributed by atoms with Crippen LogP contribution in [0.4, 0.5) is 4.39 Å². The highest BCUT2D eigenvalue weighted by atomic mass is 19.1. The molecule has 25 heavy (non-hydrogen) atoms. The number of hydrogen-bond acceptors (Lipinski definition) is 4. The molecule has 0 radical (unpaired) electrons. The maximum Gasteiger partial charge on any atom is 0.191 e. The van der Waals surface area contributed by atoms with Crippen molar-refractivity contribution in [3.8, 4) is 5.75 Å². The highest BCUT2D eigenvalue weighted by molar-refractivity contribution is 5.79. The minimum Gasteiger partial charge on any atom is -0.491 e. The summed E-state index contributed by atoms with van der Waals surface area (Å²) in [6, 6.07) is 5.05. The van der Waals surface area contributed by atoms with Crippen molar-refractivity contribution in [2.24, 2.45) is 4.99 Å². The lowest BCUT2D eigenvalue weighted by atomic mass is 10.2. The summed E-state index contributed by atoms with van der Waals surface area (Å²) < 4.78 is 30.2. The molecule has 0 aromatic heterocycles. The van der Waals surface area contributed by atoms with E-state index in [9.17, 15) is 4.39 Å². The molecular weight excluding hydrogens is 325 g/mol. The van der Waals surface area contributed by atoms with Gasteiger partial charge in [0.1, 0.15) is 0 Å². The van der Waals surface area contributed by atoms with E-state index in [0.717, 1.165) is 18.6 Å². The van der Waals surface area contributed by atoms with Crippen LogP contribution in [0.1, 0.15) is 25.8 Å². The van der Waals surface area contributed by atoms with Gasteiger partial charge in [-0.3, -0.25) is 4.99 Å². The Balaban J connectivity index is 1.76. The SMILES string of the molecule is CCOc1ccc(CNC(=NC)NC(C)COC2CCOC2)cc1F. The summed E-state index contributed by atoms with van der Waals surface area (Å²) in [7, 11) is 1.70. The molecule has 0 amide bonds. The Bertz CT molecular complexity index is 562. The Labute approximate surface area is 148 Å². The van der Waals surface area contributed by atoms with Crippen molar-refractivity contribution in [2.45, 2.75) is 39.0 Å². The Hall–Kier alpha value is -1.86. The molecule has 1 aromatic rings. The lowest BCUT2D eigenvalue weighted by Crippen LogP contribution is -2.44. The predicted molar refractivity (Wildman–Crippen MR) is 95.5 cm³/mol. The molecule has 0 aliphatic carbocycles. The normalized spacial score (nSPS) is 18.9. The zero-order chi connectivity index (χ0) is 18.1. The predicted octanol–water partition coefficient (Wildman–Crippen LogP) is 2.08. The summed E-state index contributed by atoms with van der Waals surface area (Å²) in [4.78, 5) is 4.19. The molecule has 1 saturated heterocycles. The van der Waals surface area contributed by atoms with E-state index < -0.39 is 0 Å². The lowest BCUT2D eigenvalue weighted by molar-refractivity contribution is 0.0347. The van der Waals surface area contributed by atoms with Crippen LogP contribution in [0, 0.1) is 5.82 Å². The Morgan fingerprint density at radius 2 is 2.32 bits per heavy atom. The lowest BCUT2D eigenvalue weighted by Gasteiger charge is -2.19. The fraction of sp³-hybridized carbons (Fsp3) is 0.611. The van der Waals surface area contributed by atoms with Crippen LogP contribution in [-0.4, -0.2) is 51.6 Å². The molecular formula is C18H28FN3O3. The van der Waals surface area contributed by atoms with Crippen LogP contribution in [0.5, 0.6) is 5.75 Å². The molecule has 0 bridgehead atoms. The third kappa shape index (κ3) is 6.51. The monoisotopic (exact) mass is 353 g/mol. The van der Waals surface area contributed by atoms with Gasteiger partial charge in [-0.05, 0) is 38.0 Å². The molecule has 1 fully saturated rings. The number of aliphatic imine (C=N–C) groups is 1. The molecule has 140 valence electrons. The van der Waals surface area contributed by atoms with Crippen LogP contribution in [-0.2, 0) is 16.0 Å². The summed E-state index contributed by atoms with van der Waals surface area (Å²) >= 11 is 0. The largest absolute Gasteiger partial charge is 0.491 e. The van der Waals surface area contributed by atoms with Gasteiger partial charge < -0.3 is 24.8 Å². The topological polar surface area (TPSA) is 64.1 Å². The number of benzene rings is 1. The molecule has 1 aliphatic heterocycles. The Kier molecular flexibility index (Phi) is 7.94. The second kappa shape index (κ2) is 10.2. The quantitative estimate of drug-likeness (QED) is 0.553. The van der Waals surface area contributed by atoms with Crippen LogP contribution in [0.2, 0.25) is 0 Å². The van der Waals surface area contributed by atoms with Gasteiger partial charge >= 0.3 is 0 Å². The van der Waals surface area contributed by atoms with E-state index in [4.69, 9.17) is 14.2 Å². The highest BCUT2D eigenvalue weighted by Crippen LogP contribution is 2.18. The fourth-order valence-electron chi connectivity index (χ4n) is 2.51. The second-order valence-corrected chi connectivity index (χ2v) is 5.99. The van der Waals surface area contributed by atoms with Gasteiger partial charge in [0.05, 0.1) is 25.9 Å². The van der Waals surface area contributed by atoms with E-state index in [0.29, 0.717) is 32.3 Å². The van der Waals surface area contributed by atoms with Crippen molar-refractivity contribution in [3.05, 3.63) is 29.6 Å².